The predicted molar refractivity (Wildman–Crippen MR) is 72.6 cm³/mol. The van der Waals surface area contributed by atoms with Crippen molar-refractivity contribution in [2.45, 2.75) is 25.2 Å². The number of aryl methyl sites for hydroxylation is 1. The first-order valence-corrected chi connectivity index (χ1v) is 6.47. The van der Waals surface area contributed by atoms with E-state index in [1.807, 2.05) is 25.1 Å². The van der Waals surface area contributed by atoms with Gasteiger partial charge in [-0.15, -0.1) is 0 Å². The maximum atomic E-state index is 13.9. The van der Waals surface area contributed by atoms with Crippen molar-refractivity contribution >= 4 is 5.82 Å². The van der Waals surface area contributed by atoms with Crippen LogP contribution in [0.2, 0.25) is 0 Å². The lowest BCUT2D eigenvalue weighted by molar-refractivity contribution is 0.578. The van der Waals surface area contributed by atoms with Crippen molar-refractivity contribution in [3.05, 3.63) is 53.7 Å². The highest BCUT2D eigenvalue weighted by molar-refractivity contribution is 5.40. The van der Waals surface area contributed by atoms with Crippen LogP contribution in [0.15, 0.2) is 36.7 Å². The summed E-state index contributed by atoms with van der Waals surface area (Å²) in [5, 5.41) is 3.30. The molecule has 0 aliphatic heterocycles. The number of nitrogens with zero attached hydrogens (tertiary/aromatic N) is 2. The summed E-state index contributed by atoms with van der Waals surface area (Å²) in [7, 11) is 0. The average Bonchev–Trinajstić information content (AvgIpc) is 3.18. The van der Waals surface area contributed by atoms with Crippen molar-refractivity contribution in [3.8, 4) is 0 Å². The molecule has 0 spiro atoms. The zero-order valence-corrected chi connectivity index (χ0v) is 10.9. The summed E-state index contributed by atoms with van der Waals surface area (Å²) < 4.78 is 13.9. The summed E-state index contributed by atoms with van der Waals surface area (Å²) in [4.78, 5) is 8.23. The Hall–Kier alpha value is -1.97. The number of nitrogens with one attached hydrogen (secondary N) is 1. The lowest BCUT2D eigenvalue weighted by atomic mass is 9.95. The first-order chi connectivity index (χ1) is 9.20. The molecule has 1 heterocycles. The summed E-state index contributed by atoms with van der Waals surface area (Å²) in [6, 6.07) is 8.94. The van der Waals surface area contributed by atoms with E-state index in [1.165, 1.54) is 6.07 Å². The van der Waals surface area contributed by atoms with Crippen LogP contribution in [0, 0.1) is 12.7 Å². The molecule has 19 heavy (non-hydrogen) atoms. The zero-order chi connectivity index (χ0) is 13.3. The summed E-state index contributed by atoms with van der Waals surface area (Å²) in [5.41, 5.74) is 1.67. The maximum Gasteiger partial charge on any atom is 0.129 e. The molecule has 0 saturated heterocycles. The van der Waals surface area contributed by atoms with Gasteiger partial charge in [0.25, 0.3) is 0 Å². The number of rotatable bonds is 4. The van der Waals surface area contributed by atoms with Gasteiger partial charge in [0, 0.05) is 23.7 Å². The molecule has 1 saturated carbocycles. The molecule has 0 amide bonds. The minimum absolute atomic E-state index is 0.0653. The Morgan fingerprint density at radius 1 is 1.26 bits per heavy atom. The number of aromatic nitrogens is 2. The fraction of sp³-hybridized carbons (Fsp3) is 0.333. The van der Waals surface area contributed by atoms with Crippen LogP contribution >= 0.6 is 0 Å². The SMILES string of the molecule is Cc1cc(NCC2(c3ccccc3F)CC2)ncn1. The molecule has 1 fully saturated rings. The standard InChI is InChI=1S/C15H16FN3/c1-11-8-14(19-10-18-11)17-9-15(6-7-15)12-4-2-3-5-13(12)16/h2-5,8,10H,6-7,9H2,1H3,(H,17,18,19). The predicted octanol–water partition coefficient (Wildman–Crippen LogP) is 3.07. The van der Waals surface area contributed by atoms with Crippen LogP contribution in [0.25, 0.3) is 0 Å². The van der Waals surface area contributed by atoms with Crippen LogP contribution < -0.4 is 5.32 Å². The van der Waals surface area contributed by atoms with E-state index in [2.05, 4.69) is 15.3 Å². The molecule has 0 atom stereocenters. The van der Waals surface area contributed by atoms with Gasteiger partial charge >= 0.3 is 0 Å². The summed E-state index contributed by atoms with van der Waals surface area (Å²) in [5.74, 6) is 0.691. The van der Waals surface area contributed by atoms with E-state index in [4.69, 9.17) is 0 Å². The number of benzene rings is 1. The van der Waals surface area contributed by atoms with Gasteiger partial charge < -0.3 is 5.32 Å². The quantitative estimate of drug-likeness (QED) is 0.914. The molecule has 0 radical (unpaired) electrons. The smallest absolute Gasteiger partial charge is 0.129 e. The van der Waals surface area contributed by atoms with Gasteiger partial charge in [-0.2, -0.15) is 0 Å². The number of anilines is 1. The highest BCUT2D eigenvalue weighted by Gasteiger charge is 2.45. The Balaban J connectivity index is 1.75. The van der Waals surface area contributed by atoms with E-state index in [0.29, 0.717) is 6.54 Å². The van der Waals surface area contributed by atoms with Crippen LogP contribution in [-0.4, -0.2) is 16.5 Å². The van der Waals surface area contributed by atoms with Crippen LogP contribution in [0.5, 0.6) is 0 Å². The second kappa shape index (κ2) is 4.61. The van der Waals surface area contributed by atoms with E-state index >= 15 is 0 Å². The van der Waals surface area contributed by atoms with Crippen LogP contribution in [0.1, 0.15) is 24.1 Å². The molecule has 1 aliphatic rings. The van der Waals surface area contributed by atoms with E-state index in [-0.39, 0.29) is 11.2 Å². The molecule has 1 aromatic carbocycles. The van der Waals surface area contributed by atoms with Crippen molar-refractivity contribution in [1.82, 2.24) is 9.97 Å². The van der Waals surface area contributed by atoms with Crippen molar-refractivity contribution in [2.24, 2.45) is 0 Å². The number of halogens is 1. The fourth-order valence-electron chi connectivity index (χ4n) is 2.39. The molecule has 0 unspecified atom stereocenters. The molecule has 1 aliphatic carbocycles. The van der Waals surface area contributed by atoms with Gasteiger partial charge in [0.1, 0.15) is 18.0 Å². The lowest BCUT2D eigenvalue weighted by Crippen LogP contribution is -2.21. The van der Waals surface area contributed by atoms with Crippen molar-refractivity contribution in [1.29, 1.82) is 0 Å². The monoisotopic (exact) mass is 257 g/mol. The molecule has 3 nitrogen and oxygen atoms in total. The molecule has 2 aromatic rings. The Morgan fingerprint density at radius 3 is 2.74 bits per heavy atom. The first-order valence-electron chi connectivity index (χ1n) is 6.47. The molecule has 0 bridgehead atoms. The van der Waals surface area contributed by atoms with Crippen molar-refractivity contribution in [3.63, 3.8) is 0 Å². The highest BCUT2D eigenvalue weighted by Crippen LogP contribution is 2.48. The minimum Gasteiger partial charge on any atom is -0.369 e. The molecular formula is C15H16FN3. The largest absolute Gasteiger partial charge is 0.369 e. The Kier molecular flexibility index (Phi) is 2.93. The number of hydrogen-bond donors (Lipinski definition) is 1. The van der Waals surface area contributed by atoms with E-state index < -0.39 is 0 Å². The molecule has 3 rings (SSSR count). The van der Waals surface area contributed by atoms with E-state index in [1.54, 1.807) is 12.4 Å². The Labute approximate surface area is 111 Å². The van der Waals surface area contributed by atoms with Gasteiger partial charge in [0.2, 0.25) is 0 Å². The summed E-state index contributed by atoms with van der Waals surface area (Å²) in [6.07, 6.45) is 3.58. The van der Waals surface area contributed by atoms with Crippen molar-refractivity contribution in [2.75, 3.05) is 11.9 Å². The van der Waals surface area contributed by atoms with E-state index in [9.17, 15) is 4.39 Å². The third kappa shape index (κ3) is 2.43. The lowest BCUT2D eigenvalue weighted by Gasteiger charge is -2.17. The average molecular weight is 257 g/mol. The maximum absolute atomic E-state index is 13.9. The third-order valence-corrected chi connectivity index (χ3v) is 3.71. The Morgan fingerprint density at radius 2 is 2.05 bits per heavy atom. The molecule has 98 valence electrons. The topological polar surface area (TPSA) is 37.8 Å². The number of hydrogen-bond acceptors (Lipinski definition) is 3. The fourth-order valence-corrected chi connectivity index (χ4v) is 2.39. The zero-order valence-electron chi connectivity index (χ0n) is 10.9. The van der Waals surface area contributed by atoms with Gasteiger partial charge in [0.05, 0.1) is 0 Å². The normalized spacial score (nSPS) is 16.1. The van der Waals surface area contributed by atoms with E-state index in [0.717, 1.165) is 29.9 Å². The first kappa shape index (κ1) is 12.1. The van der Waals surface area contributed by atoms with Crippen LogP contribution in [0.3, 0.4) is 0 Å². The third-order valence-electron chi connectivity index (χ3n) is 3.71. The summed E-state index contributed by atoms with van der Waals surface area (Å²) in [6.45, 7) is 2.64. The second-order valence-electron chi connectivity index (χ2n) is 5.16. The molecular weight excluding hydrogens is 241 g/mol. The van der Waals surface area contributed by atoms with Crippen LogP contribution in [-0.2, 0) is 5.41 Å². The second-order valence-corrected chi connectivity index (χ2v) is 5.16. The van der Waals surface area contributed by atoms with Gasteiger partial charge in [-0.3, -0.25) is 0 Å². The van der Waals surface area contributed by atoms with Gasteiger partial charge in [0.15, 0.2) is 0 Å². The van der Waals surface area contributed by atoms with Gasteiger partial charge in [-0.05, 0) is 31.4 Å². The van der Waals surface area contributed by atoms with Gasteiger partial charge in [-0.1, -0.05) is 18.2 Å². The minimum atomic E-state index is -0.110. The van der Waals surface area contributed by atoms with Gasteiger partial charge in [-0.25, -0.2) is 14.4 Å². The van der Waals surface area contributed by atoms with Crippen molar-refractivity contribution < 1.29 is 4.39 Å². The van der Waals surface area contributed by atoms with Crippen LogP contribution in [0.4, 0.5) is 10.2 Å². The molecule has 1 aromatic heterocycles. The Bertz CT molecular complexity index is 593. The highest BCUT2D eigenvalue weighted by atomic mass is 19.1. The molecule has 4 heteroatoms. The molecule has 1 N–H and O–H groups in total. The summed E-state index contributed by atoms with van der Waals surface area (Å²) >= 11 is 0.